The number of carbonyl (C=O) groups excluding carboxylic acids is 2. The van der Waals surface area contributed by atoms with Gasteiger partial charge in [-0.1, -0.05) is 57.2 Å². The number of likely N-dealkylation sites (tertiary alicyclic amines) is 2. The van der Waals surface area contributed by atoms with Gasteiger partial charge in [0.2, 0.25) is 5.91 Å². The highest BCUT2D eigenvalue weighted by Gasteiger charge is 2.33. The topological polar surface area (TPSA) is 97.2 Å². The first kappa shape index (κ1) is 35.2. The zero-order valence-corrected chi connectivity index (χ0v) is 29.2. The van der Waals surface area contributed by atoms with E-state index in [2.05, 4.69) is 65.5 Å². The van der Waals surface area contributed by atoms with Crippen LogP contribution >= 0.6 is 0 Å². The van der Waals surface area contributed by atoms with Crippen LogP contribution in [0, 0.1) is 0 Å². The molecular formula is C38H59N7O2. The van der Waals surface area contributed by atoms with Gasteiger partial charge in [0, 0.05) is 76.5 Å². The van der Waals surface area contributed by atoms with Crippen LogP contribution in [0.15, 0.2) is 42.5 Å². The van der Waals surface area contributed by atoms with E-state index in [-0.39, 0.29) is 11.9 Å². The van der Waals surface area contributed by atoms with Gasteiger partial charge in [0.15, 0.2) is 0 Å². The molecule has 9 nitrogen and oxygen atoms in total. The highest BCUT2D eigenvalue weighted by atomic mass is 16.2. The summed E-state index contributed by atoms with van der Waals surface area (Å²) in [7, 11) is 0. The van der Waals surface area contributed by atoms with Crippen LogP contribution in [0.3, 0.4) is 0 Å². The van der Waals surface area contributed by atoms with Crippen molar-refractivity contribution in [3.63, 3.8) is 0 Å². The maximum absolute atomic E-state index is 14.1. The number of hydrogen-bond acceptors (Lipinski definition) is 6. The molecule has 4 N–H and O–H groups in total. The molecule has 3 heterocycles. The molecule has 3 amide bonds. The van der Waals surface area contributed by atoms with Crippen molar-refractivity contribution >= 4 is 17.6 Å². The Morgan fingerprint density at radius 1 is 0.809 bits per heavy atom. The number of nitrogens with two attached hydrogens (primary N) is 1. The number of aryl methyl sites for hydroxylation is 2. The van der Waals surface area contributed by atoms with E-state index in [4.69, 9.17) is 5.73 Å². The summed E-state index contributed by atoms with van der Waals surface area (Å²) in [6.07, 6.45) is 7.16. The van der Waals surface area contributed by atoms with E-state index in [1.165, 1.54) is 16.7 Å². The number of nitrogens with zero attached hydrogens (tertiary/aromatic N) is 4. The fourth-order valence-corrected chi connectivity index (χ4v) is 7.73. The van der Waals surface area contributed by atoms with Crippen molar-refractivity contribution in [2.75, 3.05) is 71.2 Å². The minimum atomic E-state index is -0.573. The molecule has 0 aromatic heterocycles. The molecule has 0 radical (unpaired) electrons. The Bertz CT molecular complexity index is 1290. The molecule has 0 bridgehead atoms. The molecule has 1 atom stereocenters. The Hall–Kier alpha value is -3.14. The maximum Gasteiger partial charge on any atom is 0.318 e. The highest BCUT2D eigenvalue weighted by Crippen LogP contribution is 2.21. The van der Waals surface area contributed by atoms with Crippen molar-refractivity contribution in [3.05, 3.63) is 64.7 Å². The molecule has 2 aromatic carbocycles. The van der Waals surface area contributed by atoms with Crippen LogP contribution < -0.4 is 16.4 Å². The van der Waals surface area contributed by atoms with Gasteiger partial charge >= 0.3 is 6.03 Å². The second-order valence-electron chi connectivity index (χ2n) is 13.7. The fraction of sp³-hybridized carbons (Fsp3) is 0.632. The second-order valence-corrected chi connectivity index (χ2v) is 13.7. The maximum atomic E-state index is 14.1. The van der Waals surface area contributed by atoms with Crippen LogP contribution in [0.4, 0.5) is 10.5 Å². The van der Waals surface area contributed by atoms with Crippen molar-refractivity contribution < 1.29 is 9.59 Å². The molecule has 9 heteroatoms. The minimum absolute atomic E-state index is 0.0574. The fourth-order valence-electron chi connectivity index (χ4n) is 7.73. The van der Waals surface area contributed by atoms with E-state index in [1.807, 2.05) is 28.0 Å². The summed E-state index contributed by atoms with van der Waals surface area (Å²) < 4.78 is 0. The van der Waals surface area contributed by atoms with Crippen molar-refractivity contribution in [1.29, 1.82) is 0 Å². The number of carbonyl (C=O) groups is 2. The molecule has 3 fully saturated rings. The van der Waals surface area contributed by atoms with Gasteiger partial charge in [-0.3, -0.25) is 9.69 Å². The van der Waals surface area contributed by atoms with E-state index < -0.39 is 6.04 Å². The number of nitrogen functional groups attached to an aromatic ring is 1. The minimum Gasteiger partial charge on any atom is -0.399 e. The average Bonchev–Trinajstić information content (AvgIpc) is 3.12. The smallest absolute Gasteiger partial charge is 0.318 e. The molecule has 47 heavy (non-hydrogen) atoms. The van der Waals surface area contributed by atoms with Crippen molar-refractivity contribution in [2.45, 2.75) is 90.3 Å². The van der Waals surface area contributed by atoms with E-state index >= 15 is 0 Å². The summed E-state index contributed by atoms with van der Waals surface area (Å²) in [6.45, 7) is 16.0. The lowest BCUT2D eigenvalue weighted by atomic mass is 9.95. The Morgan fingerprint density at radius 2 is 1.49 bits per heavy atom. The lowest BCUT2D eigenvalue weighted by molar-refractivity contribution is -0.135. The van der Waals surface area contributed by atoms with Gasteiger partial charge in [-0.2, -0.15) is 0 Å². The zero-order chi connectivity index (χ0) is 33.2. The van der Waals surface area contributed by atoms with Crippen molar-refractivity contribution in [1.82, 2.24) is 30.2 Å². The predicted molar refractivity (Wildman–Crippen MR) is 192 cm³/mol. The van der Waals surface area contributed by atoms with Gasteiger partial charge in [-0.15, -0.1) is 0 Å². The number of amides is 3. The molecule has 0 saturated carbocycles. The summed E-state index contributed by atoms with van der Waals surface area (Å²) >= 11 is 0. The summed E-state index contributed by atoms with van der Waals surface area (Å²) in [5, 5.41) is 6.88. The first-order valence-corrected chi connectivity index (χ1v) is 18.4. The van der Waals surface area contributed by atoms with Gasteiger partial charge in [0.05, 0.1) is 0 Å². The van der Waals surface area contributed by atoms with Crippen LogP contribution in [0.25, 0.3) is 0 Å². The normalized spacial score (nSPS) is 19.6. The predicted octanol–water partition coefficient (Wildman–Crippen LogP) is 3.94. The van der Waals surface area contributed by atoms with Crippen LogP contribution in [-0.2, 0) is 30.5 Å². The van der Waals surface area contributed by atoms with E-state index in [9.17, 15) is 9.59 Å². The third-order valence-corrected chi connectivity index (χ3v) is 10.9. The number of para-hydroxylation sites is 1. The number of urea groups is 1. The van der Waals surface area contributed by atoms with E-state index in [0.717, 1.165) is 109 Å². The first-order valence-electron chi connectivity index (χ1n) is 18.4. The largest absolute Gasteiger partial charge is 0.399 e. The summed E-state index contributed by atoms with van der Waals surface area (Å²) in [5.74, 6) is 0.0574. The summed E-state index contributed by atoms with van der Waals surface area (Å²) in [4.78, 5) is 36.8. The molecule has 0 aliphatic carbocycles. The van der Waals surface area contributed by atoms with Gasteiger partial charge in [-0.05, 0) is 86.4 Å². The Morgan fingerprint density at radius 3 is 2.15 bits per heavy atom. The van der Waals surface area contributed by atoms with Gasteiger partial charge in [0.1, 0.15) is 6.04 Å². The number of piperazine rings is 1. The van der Waals surface area contributed by atoms with E-state index in [1.54, 1.807) is 0 Å². The molecular weight excluding hydrogens is 586 g/mol. The molecule has 0 unspecified atom stereocenters. The molecule has 5 rings (SSSR count). The Balaban J connectivity index is 1.17. The molecule has 3 saturated heterocycles. The molecule has 3 aliphatic heterocycles. The lowest BCUT2D eigenvalue weighted by Crippen LogP contribution is -2.58. The third-order valence-electron chi connectivity index (χ3n) is 10.9. The van der Waals surface area contributed by atoms with Crippen molar-refractivity contribution in [2.24, 2.45) is 0 Å². The number of rotatable bonds is 12. The molecule has 2 aromatic rings. The summed E-state index contributed by atoms with van der Waals surface area (Å²) in [6, 6.07) is 14.8. The first-order chi connectivity index (χ1) is 22.9. The molecule has 0 spiro atoms. The van der Waals surface area contributed by atoms with Gasteiger partial charge in [-0.25, -0.2) is 4.79 Å². The standard InChI is InChI=1S/C38H59N7O2/c1-4-30-12-11-29(27-31(30)5-2)28-36(37(46)44-21-16-34(17-22-44)43-25-23-42(6-3)24-26-43)41-38(47)45-19-14-33(15-20-45)40-18-13-32-9-7-8-10-35(32)39/h7-12,27,33-34,36,40H,4-6,13-26,28,39H2,1-3H3,(H,41,47)/t36-/m1/s1. The van der Waals surface area contributed by atoms with Gasteiger partial charge < -0.3 is 31.1 Å². The summed E-state index contributed by atoms with van der Waals surface area (Å²) in [5.41, 5.74) is 11.9. The average molecular weight is 646 g/mol. The van der Waals surface area contributed by atoms with Crippen LogP contribution in [0.5, 0.6) is 0 Å². The highest BCUT2D eigenvalue weighted by molar-refractivity contribution is 5.87. The number of benzene rings is 2. The Kier molecular flexibility index (Phi) is 13.0. The zero-order valence-electron chi connectivity index (χ0n) is 29.2. The number of anilines is 1. The lowest BCUT2D eigenvalue weighted by Gasteiger charge is -2.43. The van der Waals surface area contributed by atoms with Crippen LogP contribution in [0.2, 0.25) is 0 Å². The number of nitrogens with one attached hydrogen (secondary N) is 2. The molecule has 3 aliphatic rings. The quantitative estimate of drug-likeness (QED) is 0.303. The third kappa shape index (κ3) is 9.48. The van der Waals surface area contributed by atoms with Crippen LogP contribution in [0.1, 0.15) is 68.7 Å². The Labute approximate surface area is 283 Å². The SMILES string of the molecule is CCc1ccc(C[C@@H](NC(=O)N2CCC(NCCc3ccccc3N)CC2)C(=O)N2CCC(N3CCN(CC)CC3)CC2)cc1CC. The second kappa shape index (κ2) is 17.3. The molecule has 258 valence electrons. The monoisotopic (exact) mass is 645 g/mol. The number of hydrogen-bond donors (Lipinski definition) is 3. The number of piperidine rings is 2. The van der Waals surface area contributed by atoms with E-state index in [0.29, 0.717) is 31.6 Å². The van der Waals surface area contributed by atoms with Crippen LogP contribution in [-0.4, -0.2) is 115 Å². The van der Waals surface area contributed by atoms with Gasteiger partial charge in [0.25, 0.3) is 0 Å². The number of likely N-dealkylation sites (N-methyl/N-ethyl adjacent to an activating group) is 1. The van der Waals surface area contributed by atoms with Crippen molar-refractivity contribution in [3.8, 4) is 0 Å².